The fourth-order valence-corrected chi connectivity index (χ4v) is 4.93. The number of benzene rings is 1. The fraction of sp³-hybridized carbons (Fsp3) is 0.565. The summed E-state index contributed by atoms with van der Waals surface area (Å²) in [7, 11) is 0. The lowest BCUT2D eigenvalue weighted by Gasteiger charge is -2.52. The molecule has 1 atom stereocenters. The third kappa shape index (κ3) is 3.83. The lowest BCUT2D eigenvalue weighted by atomic mass is 9.58. The molecule has 0 radical (unpaired) electrons. The number of carbonyl (C=O) groups is 1. The molecule has 2 aromatic rings. The summed E-state index contributed by atoms with van der Waals surface area (Å²) in [4.78, 5) is 15.2. The van der Waals surface area contributed by atoms with Gasteiger partial charge in [0.05, 0.1) is 18.3 Å². The molecule has 1 fully saturated rings. The first-order valence-corrected chi connectivity index (χ1v) is 11.1. The van der Waals surface area contributed by atoms with Crippen molar-refractivity contribution in [1.29, 1.82) is 0 Å². The summed E-state index contributed by atoms with van der Waals surface area (Å²) < 4.78 is 7.73. The maximum atomic E-state index is 13.3. The van der Waals surface area contributed by atoms with Gasteiger partial charge in [0.1, 0.15) is 5.60 Å². The molecular formula is C23H31ClN4O2. The summed E-state index contributed by atoms with van der Waals surface area (Å²) in [6.07, 6.45) is 5.72. The molecule has 30 heavy (non-hydrogen) atoms. The quantitative estimate of drug-likeness (QED) is 0.777. The van der Waals surface area contributed by atoms with Crippen LogP contribution >= 0.6 is 11.6 Å². The molecule has 1 unspecified atom stereocenters. The van der Waals surface area contributed by atoms with Crippen molar-refractivity contribution >= 4 is 17.7 Å². The summed E-state index contributed by atoms with van der Waals surface area (Å²) in [5, 5.41) is 5.62. The molecule has 0 bridgehead atoms. The van der Waals surface area contributed by atoms with Crippen molar-refractivity contribution in [3.63, 3.8) is 0 Å². The Morgan fingerprint density at radius 2 is 2.00 bits per heavy atom. The van der Waals surface area contributed by atoms with Crippen LogP contribution in [0.25, 0.3) is 0 Å². The van der Waals surface area contributed by atoms with E-state index in [0.717, 1.165) is 31.4 Å². The molecule has 1 aliphatic carbocycles. The second-order valence-corrected chi connectivity index (χ2v) is 9.87. The van der Waals surface area contributed by atoms with Crippen LogP contribution in [0.4, 0.5) is 4.79 Å². The Balaban J connectivity index is 1.80. The maximum Gasteiger partial charge on any atom is 0.410 e. The molecule has 0 spiro atoms. The molecule has 2 heterocycles. The first-order chi connectivity index (χ1) is 14.2. The number of aromatic nitrogens is 2. The fourth-order valence-electron chi connectivity index (χ4n) is 4.80. The van der Waals surface area contributed by atoms with E-state index in [0.29, 0.717) is 24.7 Å². The average Bonchev–Trinajstić information content (AvgIpc) is 3.04. The number of ether oxygens (including phenoxy) is 1. The molecule has 2 N–H and O–H groups in total. The van der Waals surface area contributed by atoms with Crippen LogP contribution in [0.2, 0.25) is 5.02 Å². The standard InChI is InChI=1S/C23H31ClN4O2/c1-22(2,3)30-21(29)28-13-9-16-15-27(14-12-25)26-19(16)20(28)23(10-4-11-23)17-5-7-18(24)8-6-17/h5-8,15,20H,4,9-14,25H2,1-3H3. The van der Waals surface area contributed by atoms with E-state index in [2.05, 4.69) is 18.3 Å². The highest BCUT2D eigenvalue weighted by molar-refractivity contribution is 6.30. The summed E-state index contributed by atoms with van der Waals surface area (Å²) in [5.74, 6) is 0. The number of carbonyl (C=O) groups excluding carboxylic acids is 1. The highest BCUT2D eigenvalue weighted by Gasteiger charge is 2.53. The SMILES string of the molecule is CC(C)(C)OC(=O)N1CCc2cn(CCN)nc2C1C1(c2ccc(Cl)cc2)CCC1. The van der Waals surface area contributed by atoms with Crippen LogP contribution in [-0.4, -0.2) is 39.5 Å². The van der Waals surface area contributed by atoms with Gasteiger partial charge >= 0.3 is 6.09 Å². The number of rotatable bonds is 4. The zero-order chi connectivity index (χ0) is 21.5. The van der Waals surface area contributed by atoms with Crippen molar-refractivity contribution in [2.45, 2.75) is 70.1 Å². The van der Waals surface area contributed by atoms with Crippen LogP contribution in [0, 0.1) is 0 Å². The largest absolute Gasteiger partial charge is 0.444 e. The van der Waals surface area contributed by atoms with Crippen molar-refractivity contribution in [1.82, 2.24) is 14.7 Å². The Morgan fingerprint density at radius 1 is 1.30 bits per heavy atom. The van der Waals surface area contributed by atoms with Crippen molar-refractivity contribution in [3.8, 4) is 0 Å². The monoisotopic (exact) mass is 430 g/mol. The lowest BCUT2D eigenvalue weighted by Crippen LogP contribution is -2.54. The van der Waals surface area contributed by atoms with E-state index in [4.69, 9.17) is 27.2 Å². The van der Waals surface area contributed by atoms with Crippen LogP contribution in [0.1, 0.15) is 62.9 Å². The Morgan fingerprint density at radius 3 is 2.57 bits per heavy atom. The molecule has 6 nitrogen and oxygen atoms in total. The zero-order valence-corrected chi connectivity index (χ0v) is 18.8. The molecular weight excluding hydrogens is 400 g/mol. The van der Waals surface area contributed by atoms with E-state index in [1.165, 1.54) is 11.1 Å². The second-order valence-electron chi connectivity index (χ2n) is 9.43. The highest BCUT2D eigenvalue weighted by atomic mass is 35.5. The number of fused-ring (bicyclic) bond motifs is 1. The van der Waals surface area contributed by atoms with Crippen molar-refractivity contribution < 1.29 is 9.53 Å². The van der Waals surface area contributed by atoms with Gasteiger partial charge in [-0.25, -0.2) is 4.79 Å². The third-order valence-electron chi connectivity index (χ3n) is 6.24. The highest BCUT2D eigenvalue weighted by Crippen LogP contribution is 2.56. The first-order valence-electron chi connectivity index (χ1n) is 10.8. The van der Waals surface area contributed by atoms with Gasteiger partial charge < -0.3 is 10.5 Å². The van der Waals surface area contributed by atoms with Gasteiger partial charge in [-0.05, 0) is 63.3 Å². The molecule has 1 amide bonds. The van der Waals surface area contributed by atoms with Gasteiger partial charge in [-0.2, -0.15) is 5.10 Å². The Labute approximate surface area is 183 Å². The number of hydrogen-bond acceptors (Lipinski definition) is 4. The molecule has 2 aliphatic rings. The predicted molar refractivity (Wildman–Crippen MR) is 118 cm³/mol. The molecule has 1 saturated carbocycles. The van der Waals surface area contributed by atoms with Crippen LogP contribution in [0.15, 0.2) is 30.5 Å². The molecule has 1 aliphatic heterocycles. The Kier molecular flexibility index (Phi) is 5.58. The minimum absolute atomic E-state index is 0.162. The van der Waals surface area contributed by atoms with E-state index in [1.54, 1.807) is 0 Å². The third-order valence-corrected chi connectivity index (χ3v) is 6.49. The molecule has 1 aromatic carbocycles. The van der Waals surface area contributed by atoms with Crippen LogP contribution < -0.4 is 5.73 Å². The Bertz CT molecular complexity index is 912. The van der Waals surface area contributed by atoms with Crippen LogP contribution in [-0.2, 0) is 23.1 Å². The van der Waals surface area contributed by atoms with Gasteiger partial charge in [0.2, 0.25) is 0 Å². The maximum absolute atomic E-state index is 13.3. The van der Waals surface area contributed by atoms with E-state index >= 15 is 0 Å². The number of halogens is 1. The van der Waals surface area contributed by atoms with Crippen LogP contribution in [0.5, 0.6) is 0 Å². The normalized spacial score (nSPS) is 20.4. The van der Waals surface area contributed by atoms with Crippen molar-refractivity contribution in [2.24, 2.45) is 5.73 Å². The molecule has 4 rings (SSSR count). The zero-order valence-electron chi connectivity index (χ0n) is 18.0. The minimum atomic E-state index is -0.548. The minimum Gasteiger partial charge on any atom is -0.444 e. The molecule has 0 saturated heterocycles. The van der Waals surface area contributed by atoms with Gasteiger partial charge in [0, 0.05) is 29.7 Å². The molecule has 1 aromatic heterocycles. The number of nitrogens with two attached hydrogens (primary N) is 1. The van der Waals surface area contributed by atoms with Crippen molar-refractivity contribution in [3.05, 3.63) is 52.3 Å². The van der Waals surface area contributed by atoms with Gasteiger partial charge in [-0.1, -0.05) is 30.2 Å². The lowest BCUT2D eigenvalue weighted by molar-refractivity contribution is -0.00915. The summed E-state index contributed by atoms with van der Waals surface area (Å²) >= 11 is 6.17. The van der Waals surface area contributed by atoms with Crippen molar-refractivity contribution in [2.75, 3.05) is 13.1 Å². The summed E-state index contributed by atoms with van der Waals surface area (Å²) in [6.45, 7) is 7.54. The predicted octanol–water partition coefficient (Wildman–Crippen LogP) is 4.45. The smallest absolute Gasteiger partial charge is 0.410 e. The average molecular weight is 431 g/mol. The van der Waals surface area contributed by atoms with E-state index in [-0.39, 0.29) is 17.6 Å². The number of nitrogens with zero attached hydrogens (tertiary/aromatic N) is 3. The topological polar surface area (TPSA) is 73.4 Å². The van der Waals surface area contributed by atoms with Gasteiger partial charge in [-0.3, -0.25) is 9.58 Å². The summed E-state index contributed by atoms with van der Waals surface area (Å²) in [5.41, 5.74) is 8.43. The number of hydrogen-bond donors (Lipinski definition) is 1. The van der Waals surface area contributed by atoms with Gasteiger partial charge in [0.25, 0.3) is 0 Å². The second kappa shape index (κ2) is 7.89. The summed E-state index contributed by atoms with van der Waals surface area (Å²) in [6, 6.07) is 7.90. The number of amides is 1. The van der Waals surface area contributed by atoms with Crippen LogP contribution in [0.3, 0.4) is 0 Å². The molecule has 7 heteroatoms. The van der Waals surface area contributed by atoms with Gasteiger partial charge in [0.15, 0.2) is 0 Å². The Hall–Kier alpha value is -2.05. The van der Waals surface area contributed by atoms with E-state index < -0.39 is 5.60 Å². The van der Waals surface area contributed by atoms with Gasteiger partial charge in [-0.15, -0.1) is 0 Å². The van der Waals surface area contributed by atoms with E-state index in [1.807, 2.05) is 42.5 Å². The molecule has 162 valence electrons. The first kappa shape index (κ1) is 21.2. The van der Waals surface area contributed by atoms with E-state index in [9.17, 15) is 4.79 Å².